The molecule has 0 fully saturated rings. The van der Waals surface area contributed by atoms with E-state index in [0.717, 1.165) is 21.8 Å². The van der Waals surface area contributed by atoms with E-state index in [0.29, 0.717) is 11.7 Å². The van der Waals surface area contributed by atoms with Gasteiger partial charge in [-0.1, -0.05) is 13.8 Å². The SMILES string of the molecule is CC(C)CSCc1ncc(Br)c(N)n1. The van der Waals surface area contributed by atoms with Gasteiger partial charge in [0.2, 0.25) is 0 Å². The molecule has 0 saturated carbocycles. The fourth-order valence-corrected chi connectivity index (χ4v) is 1.98. The van der Waals surface area contributed by atoms with Crippen LogP contribution in [0.1, 0.15) is 19.7 Å². The Kier molecular flexibility index (Phi) is 4.68. The first-order valence-corrected chi connectivity index (χ1v) is 6.39. The standard InChI is InChI=1S/C9H14BrN3S/c1-6(2)4-14-5-8-12-3-7(10)9(11)13-8/h3,6H,4-5H2,1-2H3,(H2,11,12,13). The normalized spacial score (nSPS) is 10.9. The lowest BCUT2D eigenvalue weighted by molar-refractivity contribution is 0.750. The van der Waals surface area contributed by atoms with Crippen LogP contribution in [0.5, 0.6) is 0 Å². The van der Waals surface area contributed by atoms with Crippen LogP contribution in [0.4, 0.5) is 5.82 Å². The maximum Gasteiger partial charge on any atom is 0.141 e. The molecule has 0 unspecified atom stereocenters. The minimum absolute atomic E-state index is 0.514. The molecule has 14 heavy (non-hydrogen) atoms. The van der Waals surface area contributed by atoms with Crippen LogP contribution in [0, 0.1) is 5.92 Å². The number of anilines is 1. The molecule has 0 radical (unpaired) electrons. The van der Waals surface area contributed by atoms with Gasteiger partial charge in [-0.05, 0) is 27.6 Å². The summed E-state index contributed by atoms with van der Waals surface area (Å²) in [5.41, 5.74) is 5.64. The fourth-order valence-electron chi connectivity index (χ4n) is 0.874. The number of hydrogen-bond acceptors (Lipinski definition) is 4. The van der Waals surface area contributed by atoms with E-state index < -0.39 is 0 Å². The lowest BCUT2D eigenvalue weighted by Gasteiger charge is -2.04. The molecular formula is C9H14BrN3S. The summed E-state index contributed by atoms with van der Waals surface area (Å²) in [4.78, 5) is 8.35. The molecule has 0 saturated heterocycles. The molecule has 0 amide bonds. The number of nitrogens with two attached hydrogens (primary N) is 1. The van der Waals surface area contributed by atoms with Crippen molar-refractivity contribution in [2.24, 2.45) is 5.92 Å². The maximum atomic E-state index is 5.64. The number of nitrogens with zero attached hydrogens (tertiary/aromatic N) is 2. The van der Waals surface area contributed by atoms with Crippen LogP contribution in [0.3, 0.4) is 0 Å². The van der Waals surface area contributed by atoms with Gasteiger partial charge in [0.05, 0.1) is 10.2 Å². The lowest BCUT2D eigenvalue weighted by atomic mass is 10.3. The lowest BCUT2D eigenvalue weighted by Crippen LogP contribution is -2.00. The van der Waals surface area contributed by atoms with E-state index >= 15 is 0 Å². The highest BCUT2D eigenvalue weighted by atomic mass is 79.9. The summed E-state index contributed by atoms with van der Waals surface area (Å²) in [5, 5.41) is 0. The molecule has 78 valence electrons. The van der Waals surface area contributed by atoms with Crippen molar-refractivity contribution in [1.29, 1.82) is 0 Å². The van der Waals surface area contributed by atoms with E-state index in [4.69, 9.17) is 5.73 Å². The van der Waals surface area contributed by atoms with Gasteiger partial charge in [-0.2, -0.15) is 11.8 Å². The highest BCUT2D eigenvalue weighted by Crippen LogP contribution is 2.17. The Bertz CT molecular complexity index is 304. The van der Waals surface area contributed by atoms with Crippen molar-refractivity contribution in [2.75, 3.05) is 11.5 Å². The van der Waals surface area contributed by atoms with Crippen molar-refractivity contribution in [3.8, 4) is 0 Å². The summed E-state index contributed by atoms with van der Waals surface area (Å²) in [6.07, 6.45) is 1.70. The second-order valence-electron chi connectivity index (χ2n) is 3.43. The van der Waals surface area contributed by atoms with Crippen LogP contribution >= 0.6 is 27.7 Å². The van der Waals surface area contributed by atoms with Crippen molar-refractivity contribution in [2.45, 2.75) is 19.6 Å². The van der Waals surface area contributed by atoms with Crippen LogP contribution in [0.15, 0.2) is 10.7 Å². The molecule has 0 aliphatic rings. The Hall–Kier alpha value is -0.290. The van der Waals surface area contributed by atoms with Crippen molar-refractivity contribution < 1.29 is 0 Å². The van der Waals surface area contributed by atoms with E-state index in [2.05, 4.69) is 39.7 Å². The Morgan fingerprint density at radius 1 is 1.57 bits per heavy atom. The zero-order valence-electron chi connectivity index (χ0n) is 8.33. The zero-order valence-corrected chi connectivity index (χ0v) is 10.7. The first-order valence-electron chi connectivity index (χ1n) is 4.44. The van der Waals surface area contributed by atoms with Gasteiger partial charge in [0.25, 0.3) is 0 Å². The van der Waals surface area contributed by atoms with E-state index in [1.54, 1.807) is 6.20 Å². The van der Waals surface area contributed by atoms with Gasteiger partial charge in [0, 0.05) is 6.20 Å². The molecule has 0 spiro atoms. The number of rotatable bonds is 4. The summed E-state index contributed by atoms with van der Waals surface area (Å²) in [5.74, 6) is 3.97. The second kappa shape index (κ2) is 5.56. The first-order chi connectivity index (χ1) is 6.59. The first kappa shape index (κ1) is 11.8. The number of halogens is 1. The van der Waals surface area contributed by atoms with Gasteiger partial charge in [-0.15, -0.1) is 0 Å². The average Bonchev–Trinajstić information content (AvgIpc) is 2.10. The smallest absolute Gasteiger partial charge is 0.141 e. The molecular weight excluding hydrogens is 262 g/mol. The molecule has 3 nitrogen and oxygen atoms in total. The molecule has 2 N–H and O–H groups in total. The number of nitrogen functional groups attached to an aromatic ring is 1. The number of thioether (sulfide) groups is 1. The van der Waals surface area contributed by atoms with Gasteiger partial charge in [0.1, 0.15) is 11.6 Å². The van der Waals surface area contributed by atoms with Gasteiger partial charge < -0.3 is 5.73 Å². The highest BCUT2D eigenvalue weighted by molar-refractivity contribution is 9.10. The highest BCUT2D eigenvalue weighted by Gasteiger charge is 2.02. The van der Waals surface area contributed by atoms with Crippen molar-refractivity contribution in [3.05, 3.63) is 16.5 Å². The van der Waals surface area contributed by atoms with Gasteiger partial charge in [-0.3, -0.25) is 0 Å². The van der Waals surface area contributed by atoms with E-state index in [9.17, 15) is 0 Å². The van der Waals surface area contributed by atoms with E-state index in [-0.39, 0.29) is 0 Å². The third kappa shape index (κ3) is 3.84. The summed E-state index contributed by atoms with van der Waals surface area (Å²) in [6, 6.07) is 0. The number of hydrogen-bond donors (Lipinski definition) is 1. The third-order valence-corrected chi connectivity index (χ3v) is 3.48. The van der Waals surface area contributed by atoms with Crippen LogP contribution in [-0.4, -0.2) is 15.7 Å². The van der Waals surface area contributed by atoms with Gasteiger partial charge >= 0.3 is 0 Å². The Labute approximate surface area is 97.0 Å². The molecule has 5 heteroatoms. The predicted molar refractivity (Wildman–Crippen MR) is 65.1 cm³/mol. The minimum atomic E-state index is 0.514. The molecule has 0 aromatic carbocycles. The van der Waals surface area contributed by atoms with Crippen LogP contribution in [0.25, 0.3) is 0 Å². The molecule has 1 rings (SSSR count). The molecule has 0 aliphatic carbocycles. The Morgan fingerprint density at radius 3 is 2.86 bits per heavy atom. The summed E-state index contributed by atoms with van der Waals surface area (Å²) in [6.45, 7) is 4.40. The Balaban J connectivity index is 2.47. The van der Waals surface area contributed by atoms with E-state index in [1.807, 2.05) is 11.8 Å². The second-order valence-corrected chi connectivity index (χ2v) is 5.31. The third-order valence-electron chi connectivity index (χ3n) is 1.50. The zero-order chi connectivity index (χ0) is 10.6. The molecule has 1 aromatic heterocycles. The summed E-state index contributed by atoms with van der Waals surface area (Å²) < 4.78 is 0.759. The van der Waals surface area contributed by atoms with Gasteiger partial charge in [-0.25, -0.2) is 9.97 Å². The quantitative estimate of drug-likeness (QED) is 0.918. The van der Waals surface area contributed by atoms with Crippen LogP contribution in [0.2, 0.25) is 0 Å². The Morgan fingerprint density at radius 2 is 2.29 bits per heavy atom. The van der Waals surface area contributed by atoms with Crippen LogP contribution in [-0.2, 0) is 5.75 Å². The monoisotopic (exact) mass is 275 g/mol. The van der Waals surface area contributed by atoms with Crippen molar-refractivity contribution in [1.82, 2.24) is 9.97 Å². The topological polar surface area (TPSA) is 51.8 Å². The molecule has 1 aromatic rings. The molecule has 0 atom stereocenters. The summed E-state index contributed by atoms with van der Waals surface area (Å²) >= 11 is 5.10. The van der Waals surface area contributed by atoms with Crippen LogP contribution < -0.4 is 5.73 Å². The van der Waals surface area contributed by atoms with E-state index in [1.165, 1.54) is 0 Å². The molecule has 0 bridgehead atoms. The minimum Gasteiger partial charge on any atom is -0.383 e. The van der Waals surface area contributed by atoms with Crippen molar-refractivity contribution >= 4 is 33.5 Å². The molecule has 0 aliphatic heterocycles. The maximum absolute atomic E-state index is 5.64. The summed E-state index contributed by atoms with van der Waals surface area (Å²) in [7, 11) is 0. The average molecular weight is 276 g/mol. The van der Waals surface area contributed by atoms with Gasteiger partial charge in [0.15, 0.2) is 0 Å². The number of aromatic nitrogens is 2. The van der Waals surface area contributed by atoms with Crippen molar-refractivity contribution in [3.63, 3.8) is 0 Å². The largest absolute Gasteiger partial charge is 0.383 e. The fraction of sp³-hybridized carbons (Fsp3) is 0.556. The molecule has 1 heterocycles. The predicted octanol–water partition coefficient (Wildman–Crippen LogP) is 2.71.